The summed E-state index contributed by atoms with van der Waals surface area (Å²) in [7, 11) is -3.09. The minimum atomic E-state index is -3.09. The van der Waals surface area contributed by atoms with Gasteiger partial charge < -0.3 is 5.32 Å². The highest BCUT2D eigenvalue weighted by Crippen LogP contribution is 2.35. The molecule has 2 rings (SSSR count). The molecule has 1 unspecified atom stereocenters. The van der Waals surface area contributed by atoms with Crippen LogP contribution in [-0.4, -0.2) is 20.7 Å². The zero-order chi connectivity index (χ0) is 12.5. The molecule has 1 aromatic rings. The monoisotopic (exact) mass is 253 g/mol. The second-order valence-corrected chi connectivity index (χ2v) is 6.81. The van der Waals surface area contributed by atoms with Crippen LogP contribution in [0, 0.1) is 5.92 Å². The molecular weight excluding hydrogens is 234 g/mol. The maximum absolute atomic E-state index is 11.3. The molecule has 17 heavy (non-hydrogen) atoms. The first-order valence-corrected chi connectivity index (χ1v) is 7.96. The average Bonchev–Trinajstić information content (AvgIpc) is 3.09. The van der Waals surface area contributed by atoms with Crippen molar-refractivity contribution in [1.82, 2.24) is 0 Å². The fourth-order valence-corrected chi connectivity index (χ4v) is 2.69. The van der Waals surface area contributed by atoms with Gasteiger partial charge in [-0.2, -0.15) is 0 Å². The molecule has 1 fully saturated rings. The lowest BCUT2D eigenvalue weighted by Gasteiger charge is -2.17. The van der Waals surface area contributed by atoms with Gasteiger partial charge in [0.15, 0.2) is 9.84 Å². The fourth-order valence-electron chi connectivity index (χ4n) is 2.06. The quantitative estimate of drug-likeness (QED) is 0.877. The van der Waals surface area contributed by atoms with E-state index in [4.69, 9.17) is 0 Å². The van der Waals surface area contributed by atoms with Gasteiger partial charge in [0, 0.05) is 18.0 Å². The largest absolute Gasteiger partial charge is 0.382 e. The highest BCUT2D eigenvalue weighted by molar-refractivity contribution is 7.90. The van der Waals surface area contributed by atoms with Crippen molar-refractivity contribution in [2.45, 2.75) is 37.1 Å². The Bertz CT molecular complexity index is 475. The maximum Gasteiger partial charge on any atom is 0.175 e. The molecule has 3 nitrogen and oxygen atoms in total. The van der Waals surface area contributed by atoms with Crippen LogP contribution in [0.2, 0.25) is 0 Å². The van der Waals surface area contributed by atoms with E-state index in [9.17, 15) is 8.42 Å². The van der Waals surface area contributed by atoms with Gasteiger partial charge in [-0.1, -0.05) is 6.92 Å². The van der Waals surface area contributed by atoms with Crippen molar-refractivity contribution < 1.29 is 8.42 Å². The van der Waals surface area contributed by atoms with Gasteiger partial charge in [0.25, 0.3) is 0 Å². The molecule has 0 saturated heterocycles. The average molecular weight is 253 g/mol. The summed E-state index contributed by atoms with van der Waals surface area (Å²) >= 11 is 0. The lowest BCUT2D eigenvalue weighted by atomic mass is 10.1. The molecule has 0 radical (unpaired) electrons. The summed E-state index contributed by atoms with van der Waals surface area (Å²) in [5.41, 5.74) is 1.01. The van der Waals surface area contributed by atoms with Crippen molar-refractivity contribution in [2.75, 3.05) is 11.6 Å². The van der Waals surface area contributed by atoms with Gasteiger partial charge in [-0.3, -0.25) is 0 Å². The summed E-state index contributed by atoms with van der Waals surface area (Å²) in [6.07, 6.45) is 4.97. The van der Waals surface area contributed by atoms with Gasteiger partial charge in [0.1, 0.15) is 0 Å². The van der Waals surface area contributed by atoms with E-state index in [0.29, 0.717) is 10.9 Å². The molecule has 1 N–H and O–H groups in total. The SMILES string of the molecule is CCC(Nc1ccc(S(C)(=O)=O)cc1)C1CC1. The summed E-state index contributed by atoms with van der Waals surface area (Å²) < 4.78 is 22.6. The van der Waals surface area contributed by atoms with Crippen LogP contribution in [0.4, 0.5) is 5.69 Å². The van der Waals surface area contributed by atoms with Gasteiger partial charge >= 0.3 is 0 Å². The fraction of sp³-hybridized carbons (Fsp3) is 0.538. The molecule has 1 aliphatic rings. The van der Waals surface area contributed by atoms with E-state index < -0.39 is 9.84 Å². The van der Waals surface area contributed by atoms with Crippen LogP contribution in [0.25, 0.3) is 0 Å². The predicted octanol–water partition coefficient (Wildman–Crippen LogP) is 2.69. The highest BCUT2D eigenvalue weighted by atomic mass is 32.2. The van der Waals surface area contributed by atoms with Gasteiger partial charge in [-0.05, 0) is 49.4 Å². The predicted molar refractivity (Wildman–Crippen MR) is 70.0 cm³/mol. The first kappa shape index (κ1) is 12.4. The normalized spacial score (nSPS) is 17.8. The lowest BCUT2D eigenvalue weighted by molar-refractivity contribution is 0.601. The zero-order valence-corrected chi connectivity index (χ0v) is 11.1. The molecule has 0 aromatic heterocycles. The molecule has 1 aromatic carbocycles. The molecule has 1 aliphatic carbocycles. The molecule has 4 heteroatoms. The van der Waals surface area contributed by atoms with Crippen molar-refractivity contribution in [3.05, 3.63) is 24.3 Å². The first-order chi connectivity index (χ1) is 8.00. The third kappa shape index (κ3) is 3.22. The number of nitrogens with one attached hydrogen (secondary N) is 1. The van der Waals surface area contributed by atoms with Gasteiger partial charge in [0.05, 0.1) is 4.90 Å². The Labute approximate surface area is 103 Å². The van der Waals surface area contributed by atoms with E-state index in [1.165, 1.54) is 19.1 Å². The minimum absolute atomic E-state index is 0.377. The topological polar surface area (TPSA) is 46.2 Å². The number of sulfone groups is 1. The van der Waals surface area contributed by atoms with Crippen LogP contribution in [0.3, 0.4) is 0 Å². The standard InChI is InChI=1S/C13H19NO2S/c1-3-13(10-4-5-10)14-11-6-8-12(9-7-11)17(2,15)16/h6-10,13-14H,3-5H2,1-2H3. The van der Waals surface area contributed by atoms with Crippen LogP contribution in [-0.2, 0) is 9.84 Å². The molecule has 0 amide bonds. The number of rotatable bonds is 5. The highest BCUT2D eigenvalue weighted by Gasteiger charge is 2.29. The van der Waals surface area contributed by atoms with Crippen molar-refractivity contribution >= 4 is 15.5 Å². The summed E-state index contributed by atoms with van der Waals surface area (Å²) in [4.78, 5) is 0.377. The summed E-state index contributed by atoms with van der Waals surface area (Å²) in [5.74, 6) is 0.801. The Kier molecular flexibility index (Phi) is 3.43. The van der Waals surface area contributed by atoms with Crippen LogP contribution >= 0.6 is 0 Å². The Morgan fingerprint density at radius 2 is 1.88 bits per heavy atom. The third-order valence-electron chi connectivity index (χ3n) is 3.27. The smallest absolute Gasteiger partial charge is 0.175 e. The van der Waals surface area contributed by atoms with Crippen molar-refractivity contribution in [2.24, 2.45) is 5.92 Å². The second kappa shape index (κ2) is 4.69. The summed E-state index contributed by atoms with van der Waals surface area (Å²) in [6, 6.07) is 7.55. The van der Waals surface area contributed by atoms with Crippen molar-refractivity contribution in [1.29, 1.82) is 0 Å². The van der Waals surface area contributed by atoms with E-state index in [1.54, 1.807) is 12.1 Å². The minimum Gasteiger partial charge on any atom is -0.382 e. The van der Waals surface area contributed by atoms with E-state index in [2.05, 4.69) is 12.2 Å². The number of hydrogen-bond donors (Lipinski definition) is 1. The Hall–Kier alpha value is -1.03. The first-order valence-electron chi connectivity index (χ1n) is 6.07. The van der Waals surface area contributed by atoms with Crippen molar-refractivity contribution in [3.63, 3.8) is 0 Å². The van der Waals surface area contributed by atoms with E-state index in [1.807, 2.05) is 12.1 Å². The van der Waals surface area contributed by atoms with E-state index >= 15 is 0 Å². The number of benzene rings is 1. The molecule has 0 bridgehead atoms. The van der Waals surface area contributed by atoms with E-state index in [-0.39, 0.29) is 0 Å². The molecule has 94 valence electrons. The molecular formula is C13H19NO2S. The Balaban J connectivity index is 2.07. The molecule has 0 aliphatic heterocycles. The Morgan fingerprint density at radius 1 is 1.29 bits per heavy atom. The van der Waals surface area contributed by atoms with Crippen LogP contribution in [0.1, 0.15) is 26.2 Å². The molecule has 1 saturated carbocycles. The number of hydrogen-bond acceptors (Lipinski definition) is 3. The van der Waals surface area contributed by atoms with Crippen LogP contribution in [0.15, 0.2) is 29.2 Å². The summed E-state index contributed by atoms with van der Waals surface area (Å²) in [5, 5.41) is 3.47. The molecule has 1 atom stereocenters. The van der Waals surface area contributed by atoms with Crippen LogP contribution in [0.5, 0.6) is 0 Å². The second-order valence-electron chi connectivity index (χ2n) is 4.79. The molecule has 0 heterocycles. The van der Waals surface area contributed by atoms with Gasteiger partial charge in [0.2, 0.25) is 0 Å². The Morgan fingerprint density at radius 3 is 2.29 bits per heavy atom. The van der Waals surface area contributed by atoms with E-state index in [0.717, 1.165) is 18.0 Å². The van der Waals surface area contributed by atoms with Gasteiger partial charge in [-0.25, -0.2) is 8.42 Å². The van der Waals surface area contributed by atoms with Crippen molar-refractivity contribution in [3.8, 4) is 0 Å². The van der Waals surface area contributed by atoms with Crippen LogP contribution < -0.4 is 5.32 Å². The lowest BCUT2D eigenvalue weighted by Crippen LogP contribution is -2.20. The maximum atomic E-state index is 11.3. The van der Waals surface area contributed by atoms with Gasteiger partial charge in [-0.15, -0.1) is 0 Å². The molecule has 0 spiro atoms. The summed E-state index contributed by atoms with van der Waals surface area (Å²) in [6.45, 7) is 2.18. The zero-order valence-electron chi connectivity index (χ0n) is 10.3. The number of anilines is 1. The third-order valence-corrected chi connectivity index (χ3v) is 4.39.